The zero-order chi connectivity index (χ0) is 15.3. The van der Waals surface area contributed by atoms with E-state index in [-0.39, 0.29) is 5.02 Å². The quantitative estimate of drug-likeness (QED) is 0.575. The van der Waals surface area contributed by atoms with Gasteiger partial charge in [0.05, 0.1) is 10.6 Å². The van der Waals surface area contributed by atoms with Crippen LogP contribution in [0.15, 0.2) is 42.5 Å². The van der Waals surface area contributed by atoms with Crippen LogP contribution >= 0.6 is 11.6 Å². The molecule has 0 N–H and O–H groups in total. The van der Waals surface area contributed by atoms with Gasteiger partial charge in [-0.05, 0) is 30.2 Å². The molecule has 0 atom stereocenters. The molecule has 20 heavy (non-hydrogen) atoms. The van der Waals surface area contributed by atoms with E-state index in [0.29, 0.717) is 5.56 Å². The van der Waals surface area contributed by atoms with Crippen LogP contribution in [0.1, 0.15) is 25.0 Å². The Bertz CT molecular complexity index is 574. The third-order valence-corrected chi connectivity index (χ3v) is 2.95. The largest absolute Gasteiger partial charge is 0.417 e. The number of aryl methyl sites for hydroxylation is 1. The molecule has 4 heteroatoms. The van der Waals surface area contributed by atoms with E-state index in [9.17, 15) is 13.2 Å². The Labute approximate surface area is 122 Å². The van der Waals surface area contributed by atoms with E-state index in [1.807, 2.05) is 39.0 Å². The second kappa shape index (κ2) is 6.80. The highest BCUT2D eigenvalue weighted by Gasteiger charge is 2.33. The van der Waals surface area contributed by atoms with Crippen LogP contribution in [0.3, 0.4) is 0 Å². The van der Waals surface area contributed by atoms with Gasteiger partial charge in [-0.2, -0.15) is 13.2 Å². The van der Waals surface area contributed by atoms with E-state index in [4.69, 9.17) is 11.6 Å². The minimum Gasteiger partial charge on any atom is -0.166 e. The van der Waals surface area contributed by atoms with Crippen molar-refractivity contribution in [1.29, 1.82) is 0 Å². The maximum atomic E-state index is 12.7. The standard InChI is InChI=1S/C14H10ClF3.C2H6/c1-9-3-2-4-10(7-9)11-5-6-13(15)12(8-11)14(16,17)18;1-2/h2-8H,1H3;1-2H3. The van der Waals surface area contributed by atoms with Crippen molar-refractivity contribution in [2.24, 2.45) is 0 Å². The van der Waals surface area contributed by atoms with Gasteiger partial charge in [0.25, 0.3) is 0 Å². The first-order chi connectivity index (χ1) is 9.38. The molecule has 0 aromatic heterocycles. The fourth-order valence-electron chi connectivity index (χ4n) is 1.75. The van der Waals surface area contributed by atoms with Crippen molar-refractivity contribution in [2.75, 3.05) is 0 Å². The summed E-state index contributed by atoms with van der Waals surface area (Å²) >= 11 is 5.58. The number of halogens is 4. The molecule has 0 saturated carbocycles. The molecule has 2 aromatic rings. The minimum atomic E-state index is -4.43. The maximum Gasteiger partial charge on any atom is 0.417 e. The van der Waals surface area contributed by atoms with E-state index in [1.165, 1.54) is 6.07 Å². The van der Waals surface area contributed by atoms with Gasteiger partial charge in [0, 0.05) is 0 Å². The molecule has 0 fully saturated rings. The first-order valence-corrected chi connectivity index (χ1v) is 6.69. The zero-order valence-corrected chi connectivity index (χ0v) is 12.3. The van der Waals surface area contributed by atoms with Gasteiger partial charge in [0.2, 0.25) is 0 Å². The second-order valence-corrected chi connectivity index (χ2v) is 4.47. The second-order valence-electron chi connectivity index (χ2n) is 4.06. The molecular weight excluding hydrogens is 285 g/mol. The normalized spacial score (nSPS) is 10.8. The first kappa shape index (κ1) is 16.6. The summed E-state index contributed by atoms with van der Waals surface area (Å²) in [5.41, 5.74) is 1.45. The number of alkyl halides is 3. The van der Waals surface area contributed by atoms with Crippen molar-refractivity contribution in [2.45, 2.75) is 26.9 Å². The summed E-state index contributed by atoms with van der Waals surface area (Å²) in [7, 11) is 0. The Morgan fingerprint density at radius 1 is 0.900 bits per heavy atom. The third kappa shape index (κ3) is 4.01. The summed E-state index contributed by atoms with van der Waals surface area (Å²) in [4.78, 5) is 0. The topological polar surface area (TPSA) is 0 Å². The van der Waals surface area contributed by atoms with Crippen molar-refractivity contribution in [1.82, 2.24) is 0 Å². The van der Waals surface area contributed by atoms with Crippen LogP contribution < -0.4 is 0 Å². The molecule has 0 bridgehead atoms. The summed E-state index contributed by atoms with van der Waals surface area (Å²) in [6.45, 7) is 5.89. The minimum absolute atomic E-state index is 0.279. The van der Waals surface area contributed by atoms with Crippen molar-refractivity contribution < 1.29 is 13.2 Å². The molecule has 0 amide bonds. The molecule has 0 aliphatic heterocycles. The summed E-state index contributed by atoms with van der Waals surface area (Å²) < 4.78 is 38.2. The Hall–Kier alpha value is -1.48. The van der Waals surface area contributed by atoms with Crippen LogP contribution in [0, 0.1) is 6.92 Å². The van der Waals surface area contributed by atoms with Gasteiger partial charge in [-0.15, -0.1) is 0 Å². The van der Waals surface area contributed by atoms with E-state index in [0.717, 1.165) is 17.2 Å². The average molecular weight is 301 g/mol. The lowest BCUT2D eigenvalue weighted by molar-refractivity contribution is -0.137. The van der Waals surface area contributed by atoms with Gasteiger partial charge in [-0.25, -0.2) is 0 Å². The molecule has 2 rings (SSSR count). The highest BCUT2D eigenvalue weighted by Crippen LogP contribution is 2.37. The van der Waals surface area contributed by atoms with Crippen LogP contribution in [0.25, 0.3) is 11.1 Å². The SMILES string of the molecule is CC.Cc1cccc(-c2ccc(Cl)c(C(F)(F)F)c2)c1. The Morgan fingerprint density at radius 3 is 2.05 bits per heavy atom. The lowest BCUT2D eigenvalue weighted by Crippen LogP contribution is -2.05. The molecule has 108 valence electrons. The van der Waals surface area contributed by atoms with Crippen molar-refractivity contribution in [3.63, 3.8) is 0 Å². The summed E-state index contributed by atoms with van der Waals surface area (Å²) in [5.74, 6) is 0. The van der Waals surface area contributed by atoms with Gasteiger partial charge in [-0.3, -0.25) is 0 Å². The van der Waals surface area contributed by atoms with Crippen LogP contribution in [0.4, 0.5) is 13.2 Å². The van der Waals surface area contributed by atoms with Crippen LogP contribution in [-0.2, 0) is 6.18 Å². The van der Waals surface area contributed by atoms with E-state index in [2.05, 4.69) is 0 Å². The Balaban J connectivity index is 0.000000956. The monoisotopic (exact) mass is 300 g/mol. The van der Waals surface area contributed by atoms with E-state index in [1.54, 1.807) is 12.1 Å². The predicted molar refractivity (Wildman–Crippen MR) is 78.0 cm³/mol. The lowest BCUT2D eigenvalue weighted by Gasteiger charge is -2.11. The number of hydrogen-bond donors (Lipinski definition) is 0. The molecule has 0 aliphatic carbocycles. The summed E-state index contributed by atoms with van der Waals surface area (Å²) in [6, 6.07) is 11.3. The summed E-state index contributed by atoms with van der Waals surface area (Å²) in [6.07, 6.45) is -4.43. The predicted octanol–water partition coefficient (Wildman–Crippen LogP) is 6.36. The molecular formula is C16H16ClF3. The molecule has 0 heterocycles. The van der Waals surface area contributed by atoms with Crippen molar-refractivity contribution >= 4 is 11.6 Å². The maximum absolute atomic E-state index is 12.7. The molecule has 0 unspecified atom stereocenters. The molecule has 0 aliphatic rings. The fourth-order valence-corrected chi connectivity index (χ4v) is 1.97. The van der Waals surface area contributed by atoms with E-state index >= 15 is 0 Å². The number of rotatable bonds is 1. The Morgan fingerprint density at radius 2 is 1.50 bits per heavy atom. The zero-order valence-electron chi connectivity index (χ0n) is 11.6. The van der Waals surface area contributed by atoms with Crippen LogP contribution in [-0.4, -0.2) is 0 Å². The summed E-state index contributed by atoms with van der Waals surface area (Å²) in [5, 5.41) is -0.279. The van der Waals surface area contributed by atoms with Gasteiger partial charge in [0.1, 0.15) is 0 Å². The molecule has 0 radical (unpaired) electrons. The Kier molecular flexibility index (Phi) is 5.63. The molecule has 0 nitrogen and oxygen atoms in total. The molecule has 0 saturated heterocycles. The van der Waals surface area contributed by atoms with E-state index < -0.39 is 11.7 Å². The van der Waals surface area contributed by atoms with Crippen molar-refractivity contribution in [3.05, 3.63) is 58.6 Å². The average Bonchev–Trinajstić information content (AvgIpc) is 2.40. The van der Waals surface area contributed by atoms with Gasteiger partial charge in [0.15, 0.2) is 0 Å². The van der Waals surface area contributed by atoms with Gasteiger partial charge < -0.3 is 0 Å². The van der Waals surface area contributed by atoms with Crippen LogP contribution in [0.5, 0.6) is 0 Å². The fraction of sp³-hybridized carbons (Fsp3) is 0.250. The molecule has 0 spiro atoms. The van der Waals surface area contributed by atoms with Gasteiger partial charge >= 0.3 is 6.18 Å². The smallest absolute Gasteiger partial charge is 0.166 e. The highest BCUT2D eigenvalue weighted by molar-refractivity contribution is 6.31. The highest BCUT2D eigenvalue weighted by atomic mass is 35.5. The molecule has 2 aromatic carbocycles. The third-order valence-electron chi connectivity index (χ3n) is 2.62. The first-order valence-electron chi connectivity index (χ1n) is 6.32. The number of hydrogen-bond acceptors (Lipinski definition) is 0. The van der Waals surface area contributed by atoms with Crippen molar-refractivity contribution in [3.8, 4) is 11.1 Å². The van der Waals surface area contributed by atoms with Gasteiger partial charge in [-0.1, -0.05) is 61.3 Å². The number of benzene rings is 2. The lowest BCUT2D eigenvalue weighted by atomic mass is 10.0. The van der Waals surface area contributed by atoms with Crippen LogP contribution in [0.2, 0.25) is 5.02 Å².